The van der Waals surface area contributed by atoms with Crippen LogP contribution in [0.4, 0.5) is 0 Å². The number of hydrogen-bond donors (Lipinski definition) is 3. The van der Waals surface area contributed by atoms with Gasteiger partial charge in [0.1, 0.15) is 30.0 Å². The molecular formula is C63H85NO15. The van der Waals surface area contributed by atoms with E-state index in [-0.39, 0.29) is 41.7 Å². The van der Waals surface area contributed by atoms with Crippen LogP contribution < -0.4 is 5.32 Å². The highest BCUT2D eigenvalue weighted by molar-refractivity contribution is 5.96. The summed E-state index contributed by atoms with van der Waals surface area (Å²) in [6.07, 6.45) is 8.73. The fourth-order valence-corrected chi connectivity index (χ4v) is 12.5. The Kier molecular flexibility index (Phi) is 21.6. The molecule has 6 rings (SSSR count). The second-order valence-electron chi connectivity index (χ2n) is 22.8. The zero-order chi connectivity index (χ0) is 57.7. The van der Waals surface area contributed by atoms with Crippen molar-refractivity contribution in [2.24, 2.45) is 16.7 Å². The van der Waals surface area contributed by atoms with Crippen molar-refractivity contribution in [1.29, 1.82) is 0 Å². The van der Waals surface area contributed by atoms with Gasteiger partial charge < -0.3 is 44.0 Å². The number of esters is 5. The first-order valence-corrected chi connectivity index (χ1v) is 28.5. The molecule has 3 fully saturated rings. The fourth-order valence-electron chi connectivity index (χ4n) is 12.5. The first kappa shape index (κ1) is 62.2. The van der Waals surface area contributed by atoms with Crippen molar-refractivity contribution in [3.8, 4) is 0 Å². The number of ether oxygens (including phenoxy) is 6. The minimum absolute atomic E-state index is 0.00555. The van der Waals surface area contributed by atoms with Gasteiger partial charge in [-0.1, -0.05) is 165 Å². The molecule has 79 heavy (non-hydrogen) atoms. The first-order valence-electron chi connectivity index (χ1n) is 28.5. The molecule has 11 unspecified atom stereocenters. The molecule has 3 N–H and O–H groups in total. The molecule has 0 spiro atoms. The van der Waals surface area contributed by atoms with E-state index in [1.807, 2.05) is 0 Å². The Labute approximate surface area is 466 Å². The van der Waals surface area contributed by atoms with Crippen LogP contribution in [0.5, 0.6) is 0 Å². The molecule has 1 saturated heterocycles. The Balaban J connectivity index is 1.42. The monoisotopic (exact) mass is 1100 g/mol. The van der Waals surface area contributed by atoms with E-state index in [1.165, 1.54) is 64.0 Å². The number of aliphatic hydroxyl groups is 2. The SMILES string of the molecule is C/C=C\C=C(/C)C(=O)NC(c1ccccc1)C(OC(=O)CCCCCCCCCCCCCCC)C(=O)OC1CC2(O)C(OC(=O)c3ccccc3)C3C4(OC(C)=O)COC4CC(O)C3(C)C(=O)C(OC(C)=O)C(=C1C)C2(C)C. The van der Waals surface area contributed by atoms with E-state index in [2.05, 4.69) is 12.2 Å². The number of benzene rings is 2. The number of carbonyl (C=O) groups excluding carboxylic acids is 7. The molecule has 16 nitrogen and oxygen atoms in total. The van der Waals surface area contributed by atoms with E-state index >= 15 is 9.59 Å². The average Bonchev–Trinajstić information content (AvgIpc) is 2.11. The van der Waals surface area contributed by atoms with Crippen molar-refractivity contribution in [2.75, 3.05) is 6.61 Å². The number of carbonyl (C=O) groups is 7. The maximum absolute atomic E-state index is 15.8. The molecule has 16 heteroatoms. The van der Waals surface area contributed by atoms with Crippen molar-refractivity contribution in [2.45, 2.75) is 219 Å². The third kappa shape index (κ3) is 13.8. The van der Waals surface area contributed by atoms with Crippen LogP contribution in [0.3, 0.4) is 0 Å². The number of allylic oxidation sites excluding steroid dienone is 3. The summed E-state index contributed by atoms with van der Waals surface area (Å²) in [4.78, 5) is 100. The minimum Gasteiger partial charge on any atom is -0.455 e. The number of amides is 1. The Morgan fingerprint density at radius 1 is 0.797 bits per heavy atom. The lowest BCUT2D eigenvalue weighted by Gasteiger charge is -2.67. The van der Waals surface area contributed by atoms with Gasteiger partial charge in [0, 0.05) is 44.1 Å². The second-order valence-corrected chi connectivity index (χ2v) is 22.8. The van der Waals surface area contributed by atoms with Crippen LogP contribution in [0.25, 0.3) is 0 Å². The molecule has 1 heterocycles. The summed E-state index contributed by atoms with van der Waals surface area (Å²) in [5, 5.41) is 29.2. The van der Waals surface area contributed by atoms with E-state index < -0.39 is 119 Å². The molecule has 2 saturated carbocycles. The summed E-state index contributed by atoms with van der Waals surface area (Å²) >= 11 is 0. The van der Waals surface area contributed by atoms with Gasteiger partial charge in [0.05, 0.1) is 29.6 Å². The quantitative estimate of drug-likeness (QED) is 0.0199. The largest absolute Gasteiger partial charge is 0.455 e. The normalized spacial score (nSPS) is 27.9. The van der Waals surface area contributed by atoms with Gasteiger partial charge >= 0.3 is 29.8 Å². The van der Waals surface area contributed by atoms with Gasteiger partial charge in [0.2, 0.25) is 12.0 Å². The van der Waals surface area contributed by atoms with E-state index in [9.17, 15) is 34.2 Å². The molecule has 2 bridgehead atoms. The molecule has 3 aliphatic carbocycles. The van der Waals surface area contributed by atoms with E-state index in [0.29, 0.717) is 12.0 Å². The van der Waals surface area contributed by atoms with Crippen molar-refractivity contribution >= 4 is 41.5 Å². The summed E-state index contributed by atoms with van der Waals surface area (Å²) in [6.45, 7) is 13.7. The maximum Gasteiger partial charge on any atom is 0.350 e. The first-order chi connectivity index (χ1) is 37.6. The van der Waals surface area contributed by atoms with Crippen LogP contribution in [0, 0.1) is 16.7 Å². The molecular weight excluding hydrogens is 1010 g/mol. The topological polar surface area (TPSA) is 227 Å². The number of hydrogen-bond acceptors (Lipinski definition) is 15. The van der Waals surface area contributed by atoms with Gasteiger partial charge in [-0.15, -0.1) is 0 Å². The number of nitrogens with one attached hydrogen (secondary N) is 1. The molecule has 1 amide bonds. The lowest BCUT2D eigenvalue weighted by Crippen LogP contribution is -2.82. The van der Waals surface area contributed by atoms with Crippen molar-refractivity contribution in [3.63, 3.8) is 0 Å². The van der Waals surface area contributed by atoms with E-state index in [0.717, 1.165) is 46.0 Å². The highest BCUT2D eigenvalue weighted by Gasteiger charge is 2.78. The van der Waals surface area contributed by atoms with Gasteiger partial charge in [-0.05, 0) is 63.0 Å². The lowest BCUT2D eigenvalue weighted by atomic mass is 9.44. The predicted octanol–water partition coefficient (Wildman–Crippen LogP) is 9.98. The molecule has 2 aromatic rings. The van der Waals surface area contributed by atoms with Crippen molar-refractivity contribution in [3.05, 3.63) is 107 Å². The molecule has 4 aliphatic rings. The predicted molar refractivity (Wildman–Crippen MR) is 295 cm³/mol. The second kappa shape index (κ2) is 27.5. The number of unbranched alkanes of at least 4 members (excludes halogenated alkanes) is 12. The number of aliphatic hydroxyl groups excluding tert-OH is 1. The van der Waals surface area contributed by atoms with E-state index in [1.54, 1.807) is 101 Å². The number of rotatable bonds is 26. The van der Waals surface area contributed by atoms with Crippen molar-refractivity contribution < 1.29 is 72.2 Å². The Bertz CT molecular complexity index is 2570. The fraction of sp³-hybridized carbons (Fsp3) is 0.603. The van der Waals surface area contributed by atoms with Crippen LogP contribution >= 0.6 is 0 Å². The molecule has 0 radical (unpaired) electrons. The summed E-state index contributed by atoms with van der Waals surface area (Å²) in [5.74, 6) is -7.49. The van der Waals surface area contributed by atoms with E-state index in [4.69, 9.17) is 28.4 Å². The molecule has 0 aromatic heterocycles. The Hall–Kier alpha value is -5.97. The van der Waals surface area contributed by atoms with Gasteiger partial charge in [0.25, 0.3) is 0 Å². The van der Waals surface area contributed by atoms with Gasteiger partial charge in [-0.2, -0.15) is 0 Å². The number of fused-ring (bicyclic) bond motifs is 5. The van der Waals surface area contributed by atoms with Crippen LogP contribution in [-0.2, 0) is 57.2 Å². The highest BCUT2D eigenvalue weighted by atomic mass is 16.6. The zero-order valence-electron chi connectivity index (χ0n) is 47.8. The van der Waals surface area contributed by atoms with Gasteiger partial charge in [-0.25, -0.2) is 9.59 Å². The summed E-state index contributed by atoms with van der Waals surface area (Å²) < 4.78 is 37.3. The van der Waals surface area contributed by atoms with Gasteiger partial charge in [-0.3, -0.25) is 24.0 Å². The van der Waals surface area contributed by atoms with Crippen LogP contribution in [0.1, 0.15) is 187 Å². The van der Waals surface area contributed by atoms with Crippen LogP contribution in [0.15, 0.2) is 95.6 Å². The molecule has 1 aliphatic heterocycles. The van der Waals surface area contributed by atoms with Crippen molar-refractivity contribution in [1.82, 2.24) is 5.32 Å². The number of ketones is 1. The maximum atomic E-state index is 15.8. The smallest absolute Gasteiger partial charge is 0.350 e. The van der Waals surface area contributed by atoms with Crippen LogP contribution in [-0.4, -0.2) is 106 Å². The Morgan fingerprint density at radius 3 is 1.92 bits per heavy atom. The minimum atomic E-state index is -2.44. The highest BCUT2D eigenvalue weighted by Crippen LogP contribution is 2.64. The summed E-state index contributed by atoms with van der Waals surface area (Å²) in [7, 11) is 0. The third-order valence-corrected chi connectivity index (χ3v) is 17.1. The van der Waals surface area contributed by atoms with Crippen LogP contribution in [0.2, 0.25) is 0 Å². The standard InChI is InChI=1S/C63H85NO15/c1-10-12-14-15-16-17-18-19-20-21-22-23-30-36-49(68)77-53(51(44-32-26-24-27-33-44)64-57(70)40(3)31-13-11-2)59(72)76-46-38-63(73)56(78-58(71)45-34-28-25-29-35-45)54-61(9,47(67)37-48-62(54,39-74-48)79-43(6)66)55(69)52(75-42(5)65)50(41(46)4)60(63,7)8/h11,13,24-29,31-35,46-48,51-54,56,67,73H,10,12,14-23,30,36-39H2,1-9H3,(H,64,70)/b13-11-,40-31+. The molecule has 432 valence electrons. The zero-order valence-corrected chi connectivity index (χ0v) is 47.8. The lowest BCUT2D eigenvalue weighted by molar-refractivity contribution is -0.346. The molecule has 2 aromatic carbocycles. The third-order valence-electron chi connectivity index (χ3n) is 17.1. The Morgan fingerprint density at radius 2 is 1.38 bits per heavy atom. The number of Topliss-reactive ketones (excluding diaryl/α,β-unsaturated/α-hetero) is 1. The average molecular weight is 1100 g/mol. The molecule has 11 atom stereocenters. The van der Waals surface area contributed by atoms with Gasteiger partial charge in [0.15, 0.2) is 17.5 Å². The summed E-state index contributed by atoms with van der Waals surface area (Å²) in [5.41, 5.74) is -7.12. The summed E-state index contributed by atoms with van der Waals surface area (Å²) in [6, 6.07) is 15.1.